The lowest BCUT2D eigenvalue weighted by Gasteiger charge is -2.00. The molecule has 0 aliphatic heterocycles. The van der Waals surface area contributed by atoms with Gasteiger partial charge < -0.3 is 4.84 Å². The summed E-state index contributed by atoms with van der Waals surface area (Å²) < 4.78 is 0. The quantitative estimate of drug-likeness (QED) is 0.545. The second kappa shape index (κ2) is 8.21. The standard InChI is InChI=1S/C13H19NO/c1-2-15-14-12-8-4-7-11-13-9-5-3-6-10-13/h3,5-7,9-11,14H,2,4,8,12H2,1H3. The normalized spacial score (nSPS) is 11.0. The van der Waals surface area contributed by atoms with E-state index in [0.717, 1.165) is 26.0 Å². The van der Waals surface area contributed by atoms with E-state index < -0.39 is 0 Å². The minimum atomic E-state index is 0.722. The summed E-state index contributed by atoms with van der Waals surface area (Å²) in [4.78, 5) is 5.02. The topological polar surface area (TPSA) is 21.3 Å². The Bertz CT molecular complexity index is 269. The van der Waals surface area contributed by atoms with Gasteiger partial charge >= 0.3 is 0 Å². The lowest BCUT2D eigenvalue weighted by molar-refractivity contribution is 0.0506. The third kappa shape index (κ3) is 6.05. The SMILES string of the molecule is CCONCCCC=Cc1ccccc1. The van der Waals surface area contributed by atoms with Crippen LogP contribution in [0.4, 0.5) is 0 Å². The summed E-state index contributed by atoms with van der Waals surface area (Å²) in [6.45, 7) is 3.61. The number of hydrogen-bond donors (Lipinski definition) is 1. The number of hydrogen-bond acceptors (Lipinski definition) is 2. The summed E-state index contributed by atoms with van der Waals surface area (Å²) in [6, 6.07) is 10.3. The van der Waals surface area contributed by atoms with Gasteiger partial charge in [0, 0.05) is 6.54 Å². The fourth-order valence-corrected chi connectivity index (χ4v) is 1.25. The van der Waals surface area contributed by atoms with Crippen LogP contribution in [-0.2, 0) is 4.84 Å². The van der Waals surface area contributed by atoms with Gasteiger partial charge in [-0.25, -0.2) is 5.48 Å². The van der Waals surface area contributed by atoms with Gasteiger partial charge in [0.25, 0.3) is 0 Å². The Morgan fingerprint density at radius 3 is 2.80 bits per heavy atom. The molecule has 0 aliphatic carbocycles. The first-order valence-corrected chi connectivity index (χ1v) is 5.49. The molecular weight excluding hydrogens is 186 g/mol. The summed E-state index contributed by atoms with van der Waals surface area (Å²) in [7, 11) is 0. The Morgan fingerprint density at radius 2 is 2.07 bits per heavy atom. The predicted molar refractivity (Wildman–Crippen MR) is 64.3 cm³/mol. The molecule has 1 rings (SSSR count). The van der Waals surface area contributed by atoms with Crippen molar-refractivity contribution in [2.45, 2.75) is 19.8 Å². The van der Waals surface area contributed by atoms with Crippen molar-refractivity contribution in [1.29, 1.82) is 0 Å². The van der Waals surface area contributed by atoms with E-state index >= 15 is 0 Å². The minimum absolute atomic E-state index is 0.722. The van der Waals surface area contributed by atoms with Crippen molar-refractivity contribution in [3.8, 4) is 0 Å². The van der Waals surface area contributed by atoms with Crippen molar-refractivity contribution < 1.29 is 4.84 Å². The number of nitrogens with one attached hydrogen (secondary N) is 1. The smallest absolute Gasteiger partial charge is 0.0653 e. The minimum Gasteiger partial charge on any atom is -0.302 e. The van der Waals surface area contributed by atoms with Crippen LogP contribution in [0.15, 0.2) is 36.4 Å². The zero-order valence-corrected chi connectivity index (χ0v) is 9.28. The molecule has 0 aromatic heterocycles. The van der Waals surface area contributed by atoms with Crippen molar-refractivity contribution in [3.63, 3.8) is 0 Å². The van der Waals surface area contributed by atoms with Gasteiger partial charge in [-0.1, -0.05) is 42.5 Å². The third-order valence-electron chi connectivity index (χ3n) is 2.01. The highest BCUT2D eigenvalue weighted by Crippen LogP contribution is 2.02. The van der Waals surface area contributed by atoms with Crippen LogP contribution in [0.1, 0.15) is 25.3 Å². The zero-order chi connectivity index (χ0) is 10.8. The zero-order valence-electron chi connectivity index (χ0n) is 9.28. The number of hydroxylamine groups is 1. The Morgan fingerprint density at radius 1 is 1.27 bits per heavy atom. The Balaban J connectivity index is 2.07. The molecule has 1 aromatic carbocycles. The molecule has 0 heterocycles. The highest BCUT2D eigenvalue weighted by atomic mass is 16.6. The lowest BCUT2D eigenvalue weighted by atomic mass is 10.2. The van der Waals surface area contributed by atoms with Crippen LogP contribution >= 0.6 is 0 Å². The van der Waals surface area contributed by atoms with Gasteiger partial charge in [-0.3, -0.25) is 0 Å². The molecule has 1 N–H and O–H groups in total. The molecule has 1 aromatic rings. The van der Waals surface area contributed by atoms with Gasteiger partial charge in [-0.05, 0) is 25.3 Å². The van der Waals surface area contributed by atoms with Crippen molar-refractivity contribution in [2.75, 3.05) is 13.2 Å². The van der Waals surface area contributed by atoms with Gasteiger partial charge in [0.05, 0.1) is 6.61 Å². The molecule has 0 unspecified atom stereocenters. The van der Waals surface area contributed by atoms with Crippen molar-refractivity contribution >= 4 is 6.08 Å². The van der Waals surface area contributed by atoms with Crippen molar-refractivity contribution in [3.05, 3.63) is 42.0 Å². The largest absolute Gasteiger partial charge is 0.302 e. The van der Waals surface area contributed by atoms with Crippen LogP contribution in [0.3, 0.4) is 0 Å². The maximum Gasteiger partial charge on any atom is 0.0653 e. The first-order valence-electron chi connectivity index (χ1n) is 5.49. The molecular formula is C13H19NO. The van der Waals surface area contributed by atoms with Gasteiger partial charge in [-0.2, -0.15) is 0 Å². The molecule has 0 spiro atoms. The molecule has 2 nitrogen and oxygen atoms in total. The van der Waals surface area contributed by atoms with Crippen LogP contribution < -0.4 is 5.48 Å². The van der Waals surface area contributed by atoms with Gasteiger partial charge in [0.15, 0.2) is 0 Å². The van der Waals surface area contributed by atoms with E-state index in [-0.39, 0.29) is 0 Å². The fourth-order valence-electron chi connectivity index (χ4n) is 1.25. The molecule has 0 fully saturated rings. The maximum absolute atomic E-state index is 5.02. The highest BCUT2D eigenvalue weighted by Gasteiger charge is 1.85. The second-order valence-corrected chi connectivity index (χ2v) is 3.28. The Labute approximate surface area is 91.9 Å². The second-order valence-electron chi connectivity index (χ2n) is 3.28. The van der Waals surface area contributed by atoms with E-state index in [1.54, 1.807) is 0 Å². The summed E-state index contributed by atoms with van der Waals surface area (Å²) in [5, 5.41) is 0. The highest BCUT2D eigenvalue weighted by molar-refractivity contribution is 5.48. The molecule has 82 valence electrons. The predicted octanol–water partition coefficient (Wildman–Crippen LogP) is 3.02. The lowest BCUT2D eigenvalue weighted by Crippen LogP contribution is -2.15. The van der Waals surface area contributed by atoms with Crippen LogP contribution in [-0.4, -0.2) is 13.2 Å². The van der Waals surface area contributed by atoms with Crippen molar-refractivity contribution in [1.82, 2.24) is 5.48 Å². The molecule has 0 saturated heterocycles. The molecule has 0 aliphatic rings. The molecule has 0 amide bonds. The Kier molecular flexibility index (Phi) is 6.54. The fraction of sp³-hybridized carbons (Fsp3) is 0.385. The molecule has 15 heavy (non-hydrogen) atoms. The first kappa shape index (κ1) is 12.0. The van der Waals surface area contributed by atoms with Crippen LogP contribution in [0.5, 0.6) is 0 Å². The summed E-state index contributed by atoms with van der Waals surface area (Å²) in [5.41, 5.74) is 4.16. The molecule has 2 heteroatoms. The first-order chi connectivity index (χ1) is 7.43. The molecule has 0 atom stereocenters. The maximum atomic E-state index is 5.02. The van der Waals surface area contributed by atoms with Gasteiger partial charge in [0.1, 0.15) is 0 Å². The van der Waals surface area contributed by atoms with Gasteiger partial charge in [0.2, 0.25) is 0 Å². The summed E-state index contributed by atoms with van der Waals surface area (Å²) in [5.74, 6) is 0. The summed E-state index contributed by atoms with van der Waals surface area (Å²) in [6.07, 6.45) is 6.53. The van der Waals surface area contributed by atoms with Crippen LogP contribution in [0.2, 0.25) is 0 Å². The number of allylic oxidation sites excluding steroid dienone is 1. The van der Waals surface area contributed by atoms with E-state index in [1.165, 1.54) is 5.56 Å². The van der Waals surface area contributed by atoms with E-state index in [4.69, 9.17) is 4.84 Å². The van der Waals surface area contributed by atoms with Crippen LogP contribution in [0, 0.1) is 0 Å². The molecule has 0 bridgehead atoms. The third-order valence-corrected chi connectivity index (χ3v) is 2.01. The average molecular weight is 205 g/mol. The monoisotopic (exact) mass is 205 g/mol. The average Bonchev–Trinajstić information content (AvgIpc) is 2.29. The molecule has 0 saturated carbocycles. The van der Waals surface area contributed by atoms with Gasteiger partial charge in [-0.15, -0.1) is 0 Å². The summed E-state index contributed by atoms with van der Waals surface area (Å²) >= 11 is 0. The van der Waals surface area contributed by atoms with E-state index in [9.17, 15) is 0 Å². The molecule has 0 radical (unpaired) electrons. The number of unbranched alkanes of at least 4 members (excludes halogenated alkanes) is 1. The van der Waals surface area contributed by atoms with E-state index in [1.807, 2.05) is 13.0 Å². The van der Waals surface area contributed by atoms with E-state index in [0.29, 0.717) is 0 Å². The Hall–Kier alpha value is -1.12. The number of benzene rings is 1. The van der Waals surface area contributed by atoms with Crippen LogP contribution in [0.25, 0.3) is 6.08 Å². The number of rotatable bonds is 7. The van der Waals surface area contributed by atoms with E-state index in [2.05, 4.69) is 41.9 Å². The van der Waals surface area contributed by atoms with Crippen molar-refractivity contribution in [2.24, 2.45) is 0 Å².